The quantitative estimate of drug-likeness (QED) is 0.703. The largest absolute Gasteiger partial charge is 0.295 e. The second kappa shape index (κ2) is 4.60. The number of aryl methyl sites for hydroxylation is 1. The molecule has 2 rings (SSSR count). The van der Waals surface area contributed by atoms with Crippen LogP contribution in [0.4, 0.5) is 4.39 Å². The minimum Gasteiger partial charge on any atom is -0.295 e. The van der Waals surface area contributed by atoms with E-state index in [1.54, 1.807) is 19.1 Å². The topological polar surface area (TPSA) is 17.1 Å². The van der Waals surface area contributed by atoms with E-state index in [-0.39, 0.29) is 11.6 Å². The SMILES string of the molecule is Cc1ccc(C2=CC(=O)CCCC2)cc1F. The summed E-state index contributed by atoms with van der Waals surface area (Å²) in [5.74, 6) is -0.0384. The molecule has 1 aromatic carbocycles. The zero-order valence-electron chi connectivity index (χ0n) is 9.42. The number of benzene rings is 1. The summed E-state index contributed by atoms with van der Waals surface area (Å²) in [6.45, 7) is 1.74. The Morgan fingerprint density at radius 3 is 2.69 bits per heavy atom. The second-order valence-corrected chi connectivity index (χ2v) is 4.31. The lowest BCUT2D eigenvalue weighted by molar-refractivity contribution is -0.114. The number of hydrogen-bond acceptors (Lipinski definition) is 1. The second-order valence-electron chi connectivity index (χ2n) is 4.31. The van der Waals surface area contributed by atoms with Gasteiger partial charge in [0.2, 0.25) is 0 Å². The van der Waals surface area contributed by atoms with Gasteiger partial charge in [0.25, 0.3) is 0 Å². The van der Waals surface area contributed by atoms with Crippen LogP contribution in [-0.2, 0) is 4.79 Å². The van der Waals surface area contributed by atoms with Crippen molar-refractivity contribution in [1.82, 2.24) is 0 Å². The van der Waals surface area contributed by atoms with Crippen molar-refractivity contribution < 1.29 is 9.18 Å². The van der Waals surface area contributed by atoms with Gasteiger partial charge >= 0.3 is 0 Å². The Labute approximate surface area is 95.0 Å². The van der Waals surface area contributed by atoms with Gasteiger partial charge in [0.05, 0.1) is 0 Å². The minimum atomic E-state index is -0.199. The molecule has 0 bridgehead atoms. The number of ketones is 1. The van der Waals surface area contributed by atoms with E-state index < -0.39 is 0 Å². The van der Waals surface area contributed by atoms with Gasteiger partial charge in [0.15, 0.2) is 5.78 Å². The van der Waals surface area contributed by atoms with E-state index in [1.807, 2.05) is 6.07 Å². The fourth-order valence-electron chi connectivity index (χ4n) is 1.97. The molecule has 1 aliphatic rings. The number of carbonyl (C=O) groups excluding carboxylic acids is 1. The highest BCUT2D eigenvalue weighted by Crippen LogP contribution is 2.25. The van der Waals surface area contributed by atoms with Crippen LogP contribution >= 0.6 is 0 Å². The van der Waals surface area contributed by atoms with Crippen LogP contribution in [0, 0.1) is 12.7 Å². The molecular formula is C14H15FO. The summed E-state index contributed by atoms with van der Waals surface area (Å²) in [6, 6.07) is 5.18. The highest BCUT2D eigenvalue weighted by molar-refractivity contribution is 5.97. The Hall–Kier alpha value is -1.44. The molecule has 0 saturated heterocycles. The predicted octanol–water partition coefficient (Wildman–Crippen LogP) is 3.66. The van der Waals surface area contributed by atoms with E-state index in [2.05, 4.69) is 0 Å². The Morgan fingerprint density at radius 2 is 1.94 bits per heavy atom. The number of halogens is 1. The molecule has 0 aliphatic heterocycles. The summed E-state index contributed by atoms with van der Waals surface area (Å²) in [5, 5.41) is 0. The highest BCUT2D eigenvalue weighted by Gasteiger charge is 2.11. The van der Waals surface area contributed by atoms with Gasteiger partial charge in [-0.25, -0.2) is 4.39 Å². The molecule has 0 unspecified atom stereocenters. The molecule has 84 valence electrons. The first-order valence-corrected chi connectivity index (χ1v) is 5.67. The zero-order valence-corrected chi connectivity index (χ0v) is 9.42. The van der Waals surface area contributed by atoms with Gasteiger partial charge in [-0.2, -0.15) is 0 Å². The Bertz CT molecular complexity index is 446. The third-order valence-corrected chi connectivity index (χ3v) is 3.00. The van der Waals surface area contributed by atoms with Crippen LogP contribution in [0.3, 0.4) is 0 Å². The Balaban J connectivity index is 2.35. The van der Waals surface area contributed by atoms with E-state index in [1.165, 1.54) is 6.07 Å². The van der Waals surface area contributed by atoms with Gasteiger partial charge in [0.1, 0.15) is 5.82 Å². The van der Waals surface area contributed by atoms with Gasteiger partial charge < -0.3 is 0 Å². The number of rotatable bonds is 1. The van der Waals surface area contributed by atoms with Crippen molar-refractivity contribution in [1.29, 1.82) is 0 Å². The lowest BCUT2D eigenvalue weighted by Gasteiger charge is -2.06. The summed E-state index contributed by atoms with van der Waals surface area (Å²) in [4.78, 5) is 11.4. The molecule has 0 saturated carbocycles. The van der Waals surface area contributed by atoms with Gasteiger partial charge in [-0.3, -0.25) is 4.79 Å². The number of allylic oxidation sites excluding steroid dienone is 2. The van der Waals surface area contributed by atoms with Gasteiger partial charge in [-0.15, -0.1) is 0 Å². The lowest BCUT2D eigenvalue weighted by atomic mass is 10.00. The molecule has 1 nitrogen and oxygen atoms in total. The van der Waals surface area contributed by atoms with Crippen molar-refractivity contribution in [2.75, 3.05) is 0 Å². The third-order valence-electron chi connectivity index (χ3n) is 3.00. The fraction of sp³-hybridized carbons (Fsp3) is 0.357. The van der Waals surface area contributed by atoms with Gasteiger partial charge in [-0.1, -0.05) is 12.1 Å². The average Bonchev–Trinajstić information content (AvgIpc) is 2.47. The maximum Gasteiger partial charge on any atom is 0.155 e. The Morgan fingerprint density at radius 1 is 1.19 bits per heavy atom. The molecule has 0 fully saturated rings. The molecular weight excluding hydrogens is 203 g/mol. The van der Waals surface area contributed by atoms with Crippen molar-refractivity contribution >= 4 is 11.4 Å². The lowest BCUT2D eigenvalue weighted by Crippen LogP contribution is -1.92. The van der Waals surface area contributed by atoms with Crippen LogP contribution in [0.25, 0.3) is 5.57 Å². The Kier molecular flexibility index (Phi) is 3.18. The molecule has 0 atom stereocenters. The number of carbonyl (C=O) groups is 1. The van der Waals surface area contributed by atoms with Crippen molar-refractivity contribution in [2.45, 2.75) is 32.6 Å². The normalized spacial score (nSPS) is 16.9. The first-order chi connectivity index (χ1) is 7.66. The van der Waals surface area contributed by atoms with E-state index in [4.69, 9.17) is 0 Å². The summed E-state index contributed by atoms with van der Waals surface area (Å²) in [6.07, 6.45) is 5.11. The maximum atomic E-state index is 13.4. The van der Waals surface area contributed by atoms with Crippen LogP contribution < -0.4 is 0 Å². The van der Waals surface area contributed by atoms with E-state index in [0.717, 1.165) is 30.4 Å². The van der Waals surface area contributed by atoms with E-state index in [0.29, 0.717) is 12.0 Å². The summed E-state index contributed by atoms with van der Waals surface area (Å²) in [7, 11) is 0. The monoisotopic (exact) mass is 218 g/mol. The molecule has 0 aromatic heterocycles. The van der Waals surface area contributed by atoms with Crippen molar-refractivity contribution in [3.05, 3.63) is 41.2 Å². The summed E-state index contributed by atoms with van der Waals surface area (Å²) in [5.41, 5.74) is 2.46. The minimum absolute atomic E-state index is 0.161. The molecule has 2 heteroatoms. The first-order valence-electron chi connectivity index (χ1n) is 5.67. The van der Waals surface area contributed by atoms with Crippen molar-refractivity contribution in [3.8, 4) is 0 Å². The molecule has 1 aliphatic carbocycles. The smallest absolute Gasteiger partial charge is 0.155 e. The van der Waals surface area contributed by atoms with Crippen LogP contribution in [0.5, 0.6) is 0 Å². The summed E-state index contributed by atoms with van der Waals surface area (Å²) < 4.78 is 13.4. The van der Waals surface area contributed by atoms with Crippen molar-refractivity contribution in [2.24, 2.45) is 0 Å². The van der Waals surface area contributed by atoms with Crippen LogP contribution in [0.1, 0.15) is 36.8 Å². The molecule has 0 amide bonds. The fourth-order valence-corrected chi connectivity index (χ4v) is 1.97. The molecule has 16 heavy (non-hydrogen) atoms. The van der Waals surface area contributed by atoms with Gasteiger partial charge in [-0.05, 0) is 55.0 Å². The predicted molar refractivity (Wildman–Crippen MR) is 62.6 cm³/mol. The number of hydrogen-bond donors (Lipinski definition) is 0. The molecule has 0 N–H and O–H groups in total. The molecule has 1 aromatic rings. The maximum absolute atomic E-state index is 13.4. The van der Waals surface area contributed by atoms with Crippen LogP contribution in [0.15, 0.2) is 24.3 Å². The standard InChI is InChI=1S/C14H15FO/c1-10-6-7-12(9-14(10)15)11-4-2-3-5-13(16)8-11/h6-9H,2-5H2,1H3. The molecule has 0 heterocycles. The average molecular weight is 218 g/mol. The highest BCUT2D eigenvalue weighted by atomic mass is 19.1. The van der Waals surface area contributed by atoms with Crippen LogP contribution in [-0.4, -0.2) is 5.78 Å². The first kappa shape index (κ1) is 11.1. The van der Waals surface area contributed by atoms with Crippen LogP contribution in [0.2, 0.25) is 0 Å². The van der Waals surface area contributed by atoms with Crippen molar-refractivity contribution in [3.63, 3.8) is 0 Å². The molecule has 0 radical (unpaired) electrons. The zero-order chi connectivity index (χ0) is 11.5. The van der Waals surface area contributed by atoms with E-state index in [9.17, 15) is 9.18 Å². The molecule has 0 spiro atoms. The third kappa shape index (κ3) is 2.38. The van der Waals surface area contributed by atoms with E-state index >= 15 is 0 Å². The summed E-state index contributed by atoms with van der Waals surface area (Å²) >= 11 is 0. The van der Waals surface area contributed by atoms with Gasteiger partial charge in [0, 0.05) is 6.42 Å².